The Morgan fingerprint density at radius 2 is 1.89 bits per heavy atom. The summed E-state index contributed by atoms with van der Waals surface area (Å²) in [4.78, 5) is 8.62. The second-order valence-corrected chi connectivity index (χ2v) is 4.74. The summed E-state index contributed by atoms with van der Waals surface area (Å²) in [6.07, 6.45) is 0. The van der Waals surface area contributed by atoms with E-state index in [2.05, 4.69) is 22.2 Å². The molecule has 1 aromatic carbocycles. The summed E-state index contributed by atoms with van der Waals surface area (Å²) in [6.45, 7) is 5.91. The molecule has 1 atom stereocenters. The average Bonchev–Trinajstić information content (AvgIpc) is 2.27. The van der Waals surface area contributed by atoms with Gasteiger partial charge in [0.1, 0.15) is 11.6 Å². The summed E-state index contributed by atoms with van der Waals surface area (Å²) in [6, 6.07) is 9.85. The van der Waals surface area contributed by atoms with Crippen molar-refractivity contribution < 1.29 is 0 Å². The molecule has 1 heterocycles. The number of halogens is 1. The van der Waals surface area contributed by atoms with Crippen LogP contribution in [0, 0.1) is 13.8 Å². The van der Waals surface area contributed by atoms with Crippen LogP contribution in [0.4, 0.5) is 5.82 Å². The molecule has 0 fully saturated rings. The van der Waals surface area contributed by atoms with E-state index >= 15 is 0 Å². The molecule has 94 valence electrons. The molecule has 3 nitrogen and oxygen atoms in total. The Morgan fingerprint density at radius 3 is 2.56 bits per heavy atom. The van der Waals surface area contributed by atoms with Crippen molar-refractivity contribution in [2.45, 2.75) is 26.8 Å². The van der Waals surface area contributed by atoms with Crippen molar-refractivity contribution in [3.63, 3.8) is 0 Å². The smallest absolute Gasteiger partial charge is 0.130 e. The molecule has 18 heavy (non-hydrogen) atoms. The molecule has 2 rings (SSSR count). The Bertz CT molecular complexity index is 534. The van der Waals surface area contributed by atoms with Crippen LogP contribution in [0.1, 0.15) is 30.0 Å². The highest BCUT2D eigenvalue weighted by Crippen LogP contribution is 2.25. The third-order valence-electron chi connectivity index (χ3n) is 2.70. The minimum Gasteiger partial charge on any atom is -0.363 e. The van der Waals surface area contributed by atoms with Crippen LogP contribution in [-0.2, 0) is 0 Å². The topological polar surface area (TPSA) is 37.8 Å². The largest absolute Gasteiger partial charge is 0.363 e. The molecular formula is C14H16ClN3. The van der Waals surface area contributed by atoms with E-state index in [1.807, 2.05) is 44.2 Å². The Kier molecular flexibility index (Phi) is 3.82. The van der Waals surface area contributed by atoms with Gasteiger partial charge in [0.15, 0.2) is 0 Å². The predicted molar refractivity (Wildman–Crippen MR) is 75.0 cm³/mol. The maximum Gasteiger partial charge on any atom is 0.130 e. The van der Waals surface area contributed by atoms with Gasteiger partial charge in [-0.15, -0.1) is 0 Å². The number of anilines is 1. The van der Waals surface area contributed by atoms with E-state index in [1.165, 1.54) is 0 Å². The van der Waals surface area contributed by atoms with Gasteiger partial charge in [-0.05, 0) is 32.4 Å². The monoisotopic (exact) mass is 261 g/mol. The molecule has 0 radical (unpaired) electrons. The molecule has 0 aliphatic rings. The van der Waals surface area contributed by atoms with Gasteiger partial charge in [0.2, 0.25) is 0 Å². The second kappa shape index (κ2) is 5.36. The Morgan fingerprint density at radius 1 is 1.17 bits per heavy atom. The summed E-state index contributed by atoms with van der Waals surface area (Å²) < 4.78 is 0. The molecule has 1 N–H and O–H groups in total. The van der Waals surface area contributed by atoms with Crippen molar-refractivity contribution in [3.8, 4) is 0 Å². The summed E-state index contributed by atoms with van der Waals surface area (Å²) in [5.41, 5.74) is 2.02. The van der Waals surface area contributed by atoms with Crippen LogP contribution in [0.2, 0.25) is 5.02 Å². The highest BCUT2D eigenvalue weighted by molar-refractivity contribution is 6.31. The van der Waals surface area contributed by atoms with Crippen LogP contribution in [0.5, 0.6) is 0 Å². The lowest BCUT2D eigenvalue weighted by molar-refractivity contribution is 0.864. The van der Waals surface area contributed by atoms with Crippen LogP contribution in [0.15, 0.2) is 30.3 Å². The number of hydrogen-bond acceptors (Lipinski definition) is 3. The Hall–Kier alpha value is -1.61. The third-order valence-corrected chi connectivity index (χ3v) is 3.05. The molecule has 1 unspecified atom stereocenters. The number of aryl methyl sites for hydroxylation is 2. The van der Waals surface area contributed by atoms with Crippen molar-refractivity contribution in [2.24, 2.45) is 0 Å². The highest BCUT2D eigenvalue weighted by atomic mass is 35.5. The molecule has 0 spiro atoms. The molecule has 0 aliphatic heterocycles. The van der Waals surface area contributed by atoms with Crippen LogP contribution in [0.25, 0.3) is 0 Å². The van der Waals surface area contributed by atoms with E-state index in [0.29, 0.717) is 0 Å². The Balaban J connectivity index is 2.21. The first-order chi connectivity index (χ1) is 8.56. The van der Waals surface area contributed by atoms with Gasteiger partial charge in [0.05, 0.1) is 6.04 Å². The van der Waals surface area contributed by atoms with E-state index in [0.717, 1.165) is 27.9 Å². The molecule has 0 saturated carbocycles. The number of nitrogens with zero attached hydrogens (tertiary/aromatic N) is 2. The van der Waals surface area contributed by atoms with Crippen molar-refractivity contribution in [2.75, 3.05) is 5.32 Å². The quantitative estimate of drug-likeness (QED) is 0.910. The first kappa shape index (κ1) is 12.8. The van der Waals surface area contributed by atoms with E-state index < -0.39 is 0 Å². The maximum absolute atomic E-state index is 6.18. The lowest BCUT2D eigenvalue weighted by atomic mass is 10.1. The van der Waals surface area contributed by atoms with Crippen LogP contribution < -0.4 is 5.32 Å². The van der Waals surface area contributed by atoms with Crippen molar-refractivity contribution in [1.82, 2.24) is 9.97 Å². The van der Waals surface area contributed by atoms with Crippen molar-refractivity contribution in [3.05, 3.63) is 52.4 Å². The molecular weight excluding hydrogens is 246 g/mol. The lowest BCUT2D eigenvalue weighted by Crippen LogP contribution is -2.09. The van der Waals surface area contributed by atoms with Gasteiger partial charge in [-0.25, -0.2) is 9.97 Å². The lowest BCUT2D eigenvalue weighted by Gasteiger charge is -2.16. The number of aromatic nitrogens is 2. The fraction of sp³-hybridized carbons (Fsp3) is 0.286. The van der Waals surface area contributed by atoms with Gasteiger partial charge < -0.3 is 5.32 Å². The highest BCUT2D eigenvalue weighted by Gasteiger charge is 2.09. The number of rotatable bonds is 3. The first-order valence-electron chi connectivity index (χ1n) is 5.89. The summed E-state index contributed by atoms with van der Waals surface area (Å²) in [7, 11) is 0. The zero-order valence-electron chi connectivity index (χ0n) is 10.7. The van der Waals surface area contributed by atoms with Crippen LogP contribution in [-0.4, -0.2) is 9.97 Å². The SMILES string of the molecule is Cc1cc(NC(C)c2ccccc2Cl)nc(C)n1. The average molecular weight is 262 g/mol. The molecule has 0 bridgehead atoms. The normalized spacial score (nSPS) is 12.2. The van der Waals surface area contributed by atoms with E-state index in [4.69, 9.17) is 11.6 Å². The van der Waals surface area contributed by atoms with Crippen molar-refractivity contribution >= 4 is 17.4 Å². The molecule has 0 saturated heterocycles. The minimum absolute atomic E-state index is 0.104. The van der Waals surface area contributed by atoms with Crippen LogP contribution >= 0.6 is 11.6 Å². The molecule has 0 aliphatic carbocycles. The zero-order valence-corrected chi connectivity index (χ0v) is 11.5. The fourth-order valence-corrected chi connectivity index (χ4v) is 2.22. The van der Waals surface area contributed by atoms with Crippen molar-refractivity contribution in [1.29, 1.82) is 0 Å². The van der Waals surface area contributed by atoms with E-state index in [1.54, 1.807) is 0 Å². The third kappa shape index (κ3) is 2.99. The second-order valence-electron chi connectivity index (χ2n) is 4.33. The van der Waals surface area contributed by atoms with E-state index in [-0.39, 0.29) is 6.04 Å². The molecule has 1 aromatic heterocycles. The Labute approximate surface area is 112 Å². The zero-order chi connectivity index (χ0) is 13.1. The van der Waals surface area contributed by atoms with Gasteiger partial charge in [-0.3, -0.25) is 0 Å². The van der Waals surface area contributed by atoms with Gasteiger partial charge in [0, 0.05) is 16.8 Å². The molecule has 2 aromatic rings. The van der Waals surface area contributed by atoms with Crippen LogP contribution in [0.3, 0.4) is 0 Å². The molecule has 4 heteroatoms. The summed E-state index contributed by atoms with van der Waals surface area (Å²) in [5.74, 6) is 1.59. The number of nitrogens with one attached hydrogen (secondary N) is 1. The van der Waals surface area contributed by atoms with Gasteiger partial charge in [-0.2, -0.15) is 0 Å². The molecule has 0 amide bonds. The fourth-order valence-electron chi connectivity index (χ4n) is 1.92. The van der Waals surface area contributed by atoms with E-state index in [9.17, 15) is 0 Å². The number of hydrogen-bond donors (Lipinski definition) is 1. The maximum atomic E-state index is 6.18. The standard InChI is InChI=1S/C14H16ClN3/c1-9-8-14(18-11(3)16-9)17-10(2)12-6-4-5-7-13(12)15/h4-8,10H,1-3H3,(H,16,17,18). The van der Waals surface area contributed by atoms with Gasteiger partial charge >= 0.3 is 0 Å². The summed E-state index contributed by atoms with van der Waals surface area (Å²) in [5, 5.41) is 4.11. The predicted octanol–water partition coefficient (Wildman–Crippen LogP) is 3.92. The number of benzene rings is 1. The van der Waals surface area contributed by atoms with Gasteiger partial charge in [0.25, 0.3) is 0 Å². The van der Waals surface area contributed by atoms with Gasteiger partial charge in [-0.1, -0.05) is 29.8 Å². The minimum atomic E-state index is 0.104. The summed E-state index contributed by atoms with van der Waals surface area (Å²) >= 11 is 6.18. The first-order valence-corrected chi connectivity index (χ1v) is 6.27.